The predicted octanol–water partition coefficient (Wildman–Crippen LogP) is 2.82. The van der Waals surface area contributed by atoms with E-state index in [2.05, 4.69) is 5.32 Å². The molecule has 112 valence electrons. The number of aliphatic carboxylic acids is 1. The first-order valence-electron chi connectivity index (χ1n) is 7.58. The zero-order valence-corrected chi connectivity index (χ0v) is 12.4. The van der Waals surface area contributed by atoms with Gasteiger partial charge in [0.1, 0.15) is 5.54 Å². The second-order valence-corrected chi connectivity index (χ2v) is 5.92. The minimum absolute atomic E-state index is 0.644. The average Bonchev–Trinajstić information content (AvgIpc) is 2.43. The Morgan fingerprint density at radius 1 is 1.32 bits per heavy atom. The van der Waals surface area contributed by atoms with Crippen LogP contribution in [0.25, 0.3) is 0 Å². The first kappa shape index (κ1) is 16.4. The fraction of sp³-hybridized carbons (Fsp3) is 0.933. The van der Waals surface area contributed by atoms with E-state index in [-0.39, 0.29) is 0 Å². The Balaban J connectivity index is 2.02. The lowest BCUT2D eigenvalue weighted by Crippen LogP contribution is -2.47. The van der Waals surface area contributed by atoms with Crippen molar-refractivity contribution < 1.29 is 14.6 Å². The monoisotopic (exact) mass is 271 g/mol. The smallest absolute Gasteiger partial charge is 0.323 e. The Morgan fingerprint density at radius 3 is 2.58 bits per heavy atom. The fourth-order valence-electron chi connectivity index (χ4n) is 2.63. The molecule has 1 fully saturated rings. The maximum Gasteiger partial charge on any atom is 0.323 e. The van der Waals surface area contributed by atoms with Gasteiger partial charge >= 0.3 is 5.97 Å². The molecule has 0 aliphatic heterocycles. The van der Waals surface area contributed by atoms with E-state index < -0.39 is 11.5 Å². The van der Waals surface area contributed by atoms with Gasteiger partial charge in [0.25, 0.3) is 0 Å². The van der Waals surface area contributed by atoms with E-state index in [0.29, 0.717) is 6.42 Å². The summed E-state index contributed by atoms with van der Waals surface area (Å²) in [6.45, 7) is 3.39. The van der Waals surface area contributed by atoms with Crippen LogP contribution in [0.15, 0.2) is 0 Å². The van der Waals surface area contributed by atoms with E-state index in [4.69, 9.17) is 9.84 Å². The third-order valence-electron chi connectivity index (χ3n) is 4.32. The van der Waals surface area contributed by atoms with E-state index in [0.717, 1.165) is 32.0 Å². The van der Waals surface area contributed by atoms with Crippen LogP contribution in [-0.4, -0.2) is 36.9 Å². The molecule has 1 rings (SSSR count). The largest absolute Gasteiger partial charge is 0.480 e. The molecule has 1 atom stereocenters. The van der Waals surface area contributed by atoms with Gasteiger partial charge in [0.2, 0.25) is 0 Å². The molecule has 0 spiro atoms. The van der Waals surface area contributed by atoms with Crippen molar-refractivity contribution in [3.63, 3.8) is 0 Å². The zero-order chi connectivity index (χ0) is 14.1. The van der Waals surface area contributed by atoms with Crippen molar-refractivity contribution in [3.8, 4) is 0 Å². The van der Waals surface area contributed by atoms with Gasteiger partial charge in [0.05, 0.1) is 0 Å². The standard InChI is InChI=1S/C15H29NO3/c1-15(16-2,14(17)18)10-6-7-11-19-12-13-8-4-3-5-9-13/h13,16H,3-12H2,1-2H3,(H,17,18). The Labute approximate surface area is 116 Å². The normalized spacial score (nSPS) is 20.1. The number of carboxylic acid groups (broad SMARTS) is 1. The Bertz CT molecular complexity index is 264. The predicted molar refractivity (Wildman–Crippen MR) is 76.3 cm³/mol. The van der Waals surface area contributed by atoms with Crippen LogP contribution in [0.1, 0.15) is 58.3 Å². The minimum atomic E-state index is -0.802. The summed E-state index contributed by atoms with van der Waals surface area (Å²) in [5.74, 6) is -0.0199. The first-order chi connectivity index (χ1) is 9.08. The highest BCUT2D eigenvalue weighted by Gasteiger charge is 2.30. The van der Waals surface area contributed by atoms with Gasteiger partial charge in [-0.2, -0.15) is 0 Å². The second-order valence-electron chi connectivity index (χ2n) is 5.92. The Hall–Kier alpha value is -0.610. The zero-order valence-electron chi connectivity index (χ0n) is 12.4. The number of likely N-dealkylation sites (N-methyl/N-ethyl adjacent to an activating group) is 1. The van der Waals surface area contributed by atoms with Crippen LogP contribution >= 0.6 is 0 Å². The van der Waals surface area contributed by atoms with E-state index in [1.54, 1.807) is 14.0 Å². The molecular weight excluding hydrogens is 242 g/mol. The van der Waals surface area contributed by atoms with Crippen LogP contribution in [0.2, 0.25) is 0 Å². The van der Waals surface area contributed by atoms with Crippen LogP contribution in [0.4, 0.5) is 0 Å². The molecule has 19 heavy (non-hydrogen) atoms. The Kier molecular flexibility index (Phi) is 7.39. The molecular formula is C15H29NO3. The van der Waals surface area contributed by atoms with Crippen LogP contribution in [-0.2, 0) is 9.53 Å². The molecule has 4 heteroatoms. The number of rotatable bonds is 9. The minimum Gasteiger partial charge on any atom is -0.480 e. The molecule has 1 aliphatic carbocycles. The molecule has 0 saturated heterocycles. The highest BCUT2D eigenvalue weighted by Crippen LogP contribution is 2.23. The molecule has 2 N–H and O–H groups in total. The van der Waals surface area contributed by atoms with Crippen molar-refractivity contribution in [1.82, 2.24) is 5.32 Å². The summed E-state index contributed by atoms with van der Waals surface area (Å²) in [4.78, 5) is 11.1. The molecule has 0 radical (unpaired) electrons. The van der Waals surface area contributed by atoms with E-state index in [1.807, 2.05) is 0 Å². The fourth-order valence-corrected chi connectivity index (χ4v) is 2.63. The number of nitrogens with one attached hydrogen (secondary N) is 1. The number of carboxylic acids is 1. The molecule has 1 saturated carbocycles. The summed E-state index contributed by atoms with van der Waals surface area (Å²) in [7, 11) is 1.70. The van der Waals surface area contributed by atoms with Gasteiger partial charge in [-0.1, -0.05) is 19.3 Å². The van der Waals surface area contributed by atoms with E-state index in [9.17, 15) is 4.79 Å². The maximum atomic E-state index is 11.1. The lowest BCUT2D eigenvalue weighted by molar-refractivity contribution is -0.144. The van der Waals surface area contributed by atoms with Crippen molar-refractivity contribution in [2.45, 2.75) is 63.8 Å². The summed E-state index contributed by atoms with van der Waals surface area (Å²) < 4.78 is 5.71. The second kappa shape index (κ2) is 8.54. The molecule has 0 aromatic rings. The van der Waals surface area contributed by atoms with Gasteiger partial charge in [-0.05, 0) is 52.0 Å². The third-order valence-corrected chi connectivity index (χ3v) is 4.32. The SMILES string of the molecule is CNC(C)(CCCCOCC1CCCCC1)C(=O)O. The van der Waals surface area contributed by atoms with Crippen molar-refractivity contribution in [3.05, 3.63) is 0 Å². The van der Waals surface area contributed by atoms with E-state index in [1.165, 1.54) is 32.1 Å². The van der Waals surface area contributed by atoms with Crippen LogP contribution in [0.5, 0.6) is 0 Å². The topological polar surface area (TPSA) is 58.6 Å². The number of hydrogen-bond donors (Lipinski definition) is 2. The summed E-state index contributed by atoms with van der Waals surface area (Å²) >= 11 is 0. The van der Waals surface area contributed by atoms with Crippen LogP contribution in [0.3, 0.4) is 0 Å². The van der Waals surface area contributed by atoms with Crippen molar-refractivity contribution in [2.24, 2.45) is 5.92 Å². The number of carbonyl (C=O) groups is 1. The first-order valence-corrected chi connectivity index (χ1v) is 7.58. The lowest BCUT2D eigenvalue weighted by Gasteiger charge is -2.24. The molecule has 0 bridgehead atoms. The lowest BCUT2D eigenvalue weighted by atomic mass is 9.90. The third kappa shape index (κ3) is 5.91. The molecule has 1 unspecified atom stereocenters. The highest BCUT2D eigenvalue weighted by molar-refractivity contribution is 5.78. The van der Waals surface area contributed by atoms with Crippen LogP contribution < -0.4 is 5.32 Å². The average molecular weight is 271 g/mol. The molecule has 0 aromatic heterocycles. The molecule has 0 heterocycles. The molecule has 0 aromatic carbocycles. The van der Waals surface area contributed by atoms with Gasteiger partial charge in [-0.3, -0.25) is 4.79 Å². The number of unbranched alkanes of at least 4 members (excludes halogenated alkanes) is 1. The quantitative estimate of drug-likeness (QED) is 0.633. The van der Waals surface area contributed by atoms with E-state index >= 15 is 0 Å². The van der Waals surface area contributed by atoms with Crippen LogP contribution in [0, 0.1) is 5.92 Å². The summed E-state index contributed by atoms with van der Waals surface area (Å²) in [5, 5.41) is 12.0. The van der Waals surface area contributed by atoms with Gasteiger partial charge < -0.3 is 15.2 Å². The summed E-state index contributed by atoms with van der Waals surface area (Å²) in [6.07, 6.45) is 9.19. The van der Waals surface area contributed by atoms with Gasteiger partial charge in [0, 0.05) is 13.2 Å². The van der Waals surface area contributed by atoms with Gasteiger partial charge in [-0.25, -0.2) is 0 Å². The number of hydrogen-bond acceptors (Lipinski definition) is 3. The summed E-state index contributed by atoms with van der Waals surface area (Å²) in [5.41, 5.74) is -0.802. The molecule has 4 nitrogen and oxygen atoms in total. The van der Waals surface area contributed by atoms with Crippen molar-refractivity contribution >= 4 is 5.97 Å². The van der Waals surface area contributed by atoms with Crippen molar-refractivity contribution in [2.75, 3.05) is 20.3 Å². The molecule has 0 amide bonds. The van der Waals surface area contributed by atoms with Gasteiger partial charge in [0.15, 0.2) is 0 Å². The Morgan fingerprint density at radius 2 is 2.00 bits per heavy atom. The number of ether oxygens (including phenoxy) is 1. The summed E-state index contributed by atoms with van der Waals surface area (Å²) in [6, 6.07) is 0. The maximum absolute atomic E-state index is 11.1. The highest BCUT2D eigenvalue weighted by atomic mass is 16.5. The molecule has 1 aliphatic rings. The van der Waals surface area contributed by atoms with Crippen molar-refractivity contribution in [1.29, 1.82) is 0 Å². The van der Waals surface area contributed by atoms with Gasteiger partial charge in [-0.15, -0.1) is 0 Å².